The highest BCUT2D eigenvalue weighted by atomic mass is 35.5. The van der Waals surface area contributed by atoms with Crippen molar-refractivity contribution in [3.63, 3.8) is 0 Å². The molecule has 0 spiro atoms. The number of benzene rings is 3. The van der Waals surface area contributed by atoms with E-state index in [4.69, 9.17) is 16.3 Å². The second kappa shape index (κ2) is 9.55. The average molecular weight is 417 g/mol. The number of nitrogens with zero attached hydrogens (tertiary/aromatic N) is 1. The summed E-state index contributed by atoms with van der Waals surface area (Å²) in [5.41, 5.74) is 1.71. The smallest absolute Gasteiger partial charge is 0.257 e. The van der Waals surface area contributed by atoms with Crippen LogP contribution in [-0.2, 0) is 0 Å². The molecule has 6 heteroatoms. The first-order valence-electron chi connectivity index (χ1n) is 8.99. The van der Waals surface area contributed by atoms with Crippen LogP contribution in [-0.4, -0.2) is 18.8 Å². The number of anilines is 1. The van der Waals surface area contributed by atoms with Gasteiger partial charge in [-0.1, -0.05) is 48.0 Å². The molecule has 0 radical (unpaired) electrons. The first kappa shape index (κ1) is 20.8. The van der Waals surface area contributed by atoms with Crippen molar-refractivity contribution in [3.05, 3.63) is 100 Å². The van der Waals surface area contributed by atoms with Crippen LogP contribution in [0.15, 0.2) is 78.4 Å². The highest BCUT2D eigenvalue weighted by Crippen LogP contribution is 2.23. The molecular weight excluding hydrogens is 400 g/mol. The van der Waals surface area contributed by atoms with Crippen molar-refractivity contribution in [2.75, 3.05) is 12.4 Å². The number of allylic oxidation sites excluding steroid dienone is 1. The topological polar surface area (TPSA) is 79.2 Å². The minimum Gasteiger partial charge on any atom is -0.496 e. The zero-order valence-corrected chi connectivity index (χ0v) is 16.8. The van der Waals surface area contributed by atoms with Gasteiger partial charge < -0.3 is 10.1 Å². The number of rotatable bonds is 6. The molecule has 3 rings (SSSR count). The number of Topliss-reactive ketones (excluding diaryl/α,β-unsaturated/α-hetero) is 1. The molecule has 3 aromatic rings. The van der Waals surface area contributed by atoms with E-state index in [0.717, 1.165) is 0 Å². The van der Waals surface area contributed by atoms with E-state index < -0.39 is 5.78 Å². The fraction of sp³-hybridized carbons (Fsp3) is 0.0417. The van der Waals surface area contributed by atoms with Crippen molar-refractivity contribution in [1.29, 1.82) is 5.26 Å². The maximum Gasteiger partial charge on any atom is 0.257 e. The van der Waals surface area contributed by atoms with Gasteiger partial charge in [0.1, 0.15) is 17.4 Å². The number of hydrogen-bond donors (Lipinski definition) is 1. The average Bonchev–Trinajstić information content (AvgIpc) is 2.77. The molecule has 1 N–H and O–H groups in total. The van der Waals surface area contributed by atoms with Crippen LogP contribution >= 0.6 is 11.6 Å². The quantitative estimate of drug-likeness (QED) is 0.332. The molecule has 0 saturated carbocycles. The van der Waals surface area contributed by atoms with Crippen molar-refractivity contribution < 1.29 is 14.3 Å². The van der Waals surface area contributed by atoms with Gasteiger partial charge in [0.15, 0.2) is 0 Å². The van der Waals surface area contributed by atoms with Crippen molar-refractivity contribution in [1.82, 2.24) is 0 Å². The third kappa shape index (κ3) is 4.75. The summed E-state index contributed by atoms with van der Waals surface area (Å²) in [6.45, 7) is 0. The van der Waals surface area contributed by atoms with Crippen molar-refractivity contribution in [3.8, 4) is 11.8 Å². The maximum atomic E-state index is 12.8. The lowest BCUT2D eigenvalue weighted by Gasteiger charge is -2.08. The number of carbonyl (C=O) groups excluding carboxylic acids is 2. The second-order valence-corrected chi connectivity index (χ2v) is 6.67. The summed E-state index contributed by atoms with van der Waals surface area (Å²) < 4.78 is 5.21. The predicted octanol–water partition coefficient (Wildman–Crippen LogP) is 5.39. The van der Waals surface area contributed by atoms with Crippen LogP contribution in [0.1, 0.15) is 26.3 Å². The third-order valence-corrected chi connectivity index (χ3v) is 4.62. The number of methoxy groups -OCH3 is 1. The molecule has 0 aliphatic heterocycles. The standard InChI is InChI=1S/C24H17ClN2O3/c1-30-22-12-5-3-10-20(22)23(28)17(15-26)13-16-7-6-8-18(14-16)27-24(29)19-9-2-4-11-21(19)25/h2-14H,1H3,(H,27,29)/b17-13+. The molecule has 0 saturated heterocycles. The van der Waals surface area contributed by atoms with Gasteiger partial charge >= 0.3 is 0 Å². The number of amides is 1. The molecule has 0 heterocycles. The van der Waals surface area contributed by atoms with Crippen LogP contribution in [0.3, 0.4) is 0 Å². The third-order valence-electron chi connectivity index (χ3n) is 4.29. The number of hydrogen-bond acceptors (Lipinski definition) is 4. The molecule has 0 atom stereocenters. The Morgan fingerprint density at radius 2 is 1.70 bits per heavy atom. The number of para-hydroxylation sites is 1. The Morgan fingerprint density at radius 3 is 2.40 bits per heavy atom. The van der Waals surface area contributed by atoms with Crippen molar-refractivity contribution in [2.24, 2.45) is 0 Å². The van der Waals surface area contributed by atoms with Crippen LogP contribution in [0.5, 0.6) is 5.75 Å². The molecule has 0 bridgehead atoms. The Morgan fingerprint density at radius 1 is 1.00 bits per heavy atom. The Kier molecular flexibility index (Phi) is 6.63. The van der Waals surface area contributed by atoms with Crippen LogP contribution in [0.4, 0.5) is 5.69 Å². The van der Waals surface area contributed by atoms with Gasteiger partial charge in [0, 0.05) is 5.69 Å². The summed E-state index contributed by atoms with van der Waals surface area (Å²) in [5, 5.41) is 12.6. The van der Waals surface area contributed by atoms with Gasteiger partial charge in [-0.3, -0.25) is 9.59 Å². The van der Waals surface area contributed by atoms with Gasteiger partial charge in [-0.2, -0.15) is 5.26 Å². The lowest BCUT2D eigenvalue weighted by atomic mass is 10.0. The van der Waals surface area contributed by atoms with Crippen molar-refractivity contribution >= 4 is 35.1 Å². The van der Waals surface area contributed by atoms with Crippen LogP contribution in [0, 0.1) is 11.3 Å². The van der Waals surface area contributed by atoms with Gasteiger partial charge in [-0.25, -0.2) is 0 Å². The summed E-state index contributed by atoms with van der Waals surface area (Å²) in [4.78, 5) is 25.2. The van der Waals surface area contributed by atoms with Gasteiger partial charge in [0.2, 0.25) is 5.78 Å². The number of nitrogens with one attached hydrogen (secondary N) is 1. The lowest BCUT2D eigenvalue weighted by molar-refractivity contribution is 0.102. The Bertz CT molecular complexity index is 1180. The van der Waals surface area contributed by atoms with Gasteiger partial charge in [-0.15, -0.1) is 0 Å². The minimum atomic E-state index is -0.444. The lowest BCUT2D eigenvalue weighted by Crippen LogP contribution is -2.12. The molecule has 30 heavy (non-hydrogen) atoms. The fourth-order valence-electron chi connectivity index (χ4n) is 2.84. The predicted molar refractivity (Wildman–Crippen MR) is 117 cm³/mol. The first-order valence-corrected chi connectivity index (χ1v) is 9.36. The normalized spacial score (nSPS) is 10.8. The van der Waals surface area contributed by atoms with E-state index in [-0.39, 0.29) is 11.5 Å². The van der Waals surface area contributed by atoms with E-state index in [1.807, 2.05) is 6.07 Å². The summed E-state index contributed by atoms with van der Waals surface area (Å²) in [5.74, 6) is -0.405. The second-order valence-electron chi connectivity index (χ2n) is 6.26. The Balaban J connectivity index is 1.86. The van der Waals surface area contributed by atoms with Gasteiger partial charge in [0.05, 0.1) is 23.3 Å². The van der Waals surface area contributed by atoms with E-state index in [1.54, 1.807) is 72.8 Å². The molecule has 148 valence electrons. The first-order chi connectivity index (χ1) is 14.5. The molecule has 0 fully saturated rings. The van der Waals surface area contributed by atoms with E-state index in [0.29, 0.717) is 33.1 Å². The number of halogens is 1. The number of ether oxygens (including phenoxy) is 1. The van der Waals surface area contributed by atoms with Crippen LogP contribution in [0.25, 0.3) is 6.08 Å². The highest BCUT2D eigenvalue weighted by Gasteiger charge is 2.16. The molecule has 0 unspecified atom stereocenters. The molecule has 0 aromatic heterocycles. The number of ketones is 1. The minimum absolute atomic E-state index is 0.0471. The van der Waals surface area contributed by atoms with E-state index in [1.165, 1.54) is 13.2 Å². The molecule has 5 nitrogen and oxygen atoms in total. The monoisotopic (exact) mass is 416 g/mol. The zero-order valence-electron chi connectivity index (χ0n) is 16.1. The largest absolute Gasteiger partial charge is 0.496 e. The van der Waals surface area contributed by atoms with E-state index in [9.17, 15) is 14.9 Å². The molecule has 0 aliphatic carbocycles. The van der Waals surface area contributed by atoms with Crippen molar-refractivity contribution in [2.45, 2.75) is 0 Å². The molecule has 1 amide bonds. The summed E-state index contributed by atoms with van der Waals surface area (Å²) in [6.07, 6.45) is 1.47. The summed E-state index contributed by atoms with van der Waals surface area (Å²) in [6, 6.07) is 22.2. The van der Waals surface area contributed by atoms with E-state index in [2.05, 4.69) is 5.32 Å². The number of carbonyl (C=O) groups is 2. The zero-order chi connectivity index (χ0) is 21.5. The highest BCUT2D eigenvalue weighted by molar-refractivity contribution is 6.34. The van der Waals surface area contributed by atoms with Crippen LogP contribution < -0.4 is 10.1 Å². The molecule has 0 aliphatic rings. The molecular formula is C24H17ClN2O3. The number of nitriles is 1. The summed E-state index contributed by atoms with van der Waals surface area (Å²) in [7, 11) is 1.47. The Labute approximate surface area is 179 Å². The fourth-order valence-corrected chi connectivity index (χ4v) is 3.06. The SMILES string of the molecule is COc1ccccc1C(=O)/C(C#N)=C/c1cccc(NC(=O)c2ccccc2Cl)c1. The summed E-state index contributed by atoms with van der Waals surface area (Å²) >= 11 is 6.07. The maximum absolute atomic E-state index is 12.8. The van der Waals surface area contributed by atoms with Gasteiger partial charge in [-0.05, 0) is 48.0 Å². The van der Waals surface area contributed by atoms with Gasteiger partial charge in [0.25, 0.3) is 5.91 Å². The van der Waals surface area contributed by atoms with Crippen LogP contribution in [0.2, 0.25) is 5.02 Å². The Hall–Kier alpha value is -3.88. The van der Waals surface area contributed by atoms with E-state index >= 15 is 0 Å². The molecule has 3 aromatic carbocycles.